The Kier molecular flexibility index (Phi) is 6.36. The van der Waals surface area contributed by atoms with Crippen LogP contribution in [0.5, 0.6) is 0 Å². The van der Waals surface area contributed by atoms with Crippen LogP contribution in [0.2, 0.25) is 0 Å². The number of hydrogen-bond acceptors (Lipinski definition) is 7. The normalized spacial score (nSPS) is 10.7. The van der Waals surface area contributed by atoms with E-state index in [0.717, 1.165) is 10.7 Å². The van der Waals surface area contributed by atoms with E-state index >= 15 is 0 Å². The molecule has 0 saturated heterocycles. The van der Waals surface area contributed by atoms with Crippen LogP contribution in [0, 0.1) is 5.82 Å². The third kappa shape index (κ3) is 4.61. The van der Waals surface area contributed by atoms with E-state index in [-0.39, 0.29) is 11.3 Å². The molecule has 2 aromatic heterocycles. The zero-order valence-electron chi connectivity index (χ0n) is 14.4. The number of benzene rings is 1. The molecular weight excluding hydrogens is 389 g/mol. The molecule has 3 rings (SSSR count). The van der Waals surface area contributed by atoms with Crippen molar-refractivity contribution in [2.24, 2.45) is 0 Å². The summed E-state index contributed by atoms with van der Waals surface area (Å²) >= 11 is 2.74. The topological polar surface area (TPSA) is 74.1 Å². The van der Waals surface area contributed by atoms with Crippen molar-refractivity contribution >= 4 is 34.9 Å². The van der Waals surface area contributed by atoms with Crippen molar-refractivity contribution in [3.05, 3.63) is 53.2 Å². The first-order valence-electron chi connectivity index (χ1n) is 8.13. The molecule has 6 nitrogen and oxygen atoms in total. The molecule has 0 amide bonds. The first-order valence-corrected chi connectivity index (χ1v) is 10.00. The lowest BCUT2D eigenvalue weighted by atomic mass is 10.1. The van der Waals surface area contributed by atoms with Gasteiger partial charge in [0.25, 0.3) is 0 Å². The number of ether oxygens (including phenoxy) is 1. The summed E-state index contributed by atoms with van der Waals surface area (Å²) < 4.78 is 20.4. The van der Waals surface area contributed by atoms with Gasteiger partial charge in [0, 0.05) is 6.54 Å². The molecule has 0 fully saturated rings. The Balaban J connectivity index is 1.55. The molecule has 1 aromatic carbocycles. The predicted molar refractivity (Wildman–Crippen MR) is 101 cm³/mol. The second kappa shape index (κ2) is 8.92. The molecule has 2 heterocycles. The summed E-state index contributed by atoms with van der Waals surface area (Å²) in [7, 11) is 0. The maximum atomic E-state index is 13.6. The fourth-order valence-corrected chi connectivity index (χ4v) is 3.86. The Hall–Kier alpha value is -2.52. The van der Waals surface area contributed by atoms with Gasteiger partial charge in [-0.1, -0.05) is 30.0 Å². The summed E-state index contributed by atoms with van der Waals surface area (Å²) in [5.41, 5.74) is -0.0933. The molecule has 0 aliphatic heterocycles. The number of thiophene rings is 1. The number of ketones is 1. The van der Waals surface area contributed by atoms with Gasteiger partial charge < -0.3 is 9.30 Å². The highest BCUT2D eigenvalue weighted by molar-refractivity contribution is 7.99. The van der Waals surface area contributed by atoms with Crippen molar-refractivity contribution in [3.63, 3.8) is 0 Å². The van der Waals surface area contributed by atoms with Gasteiger partial charge in [-0.05, 0) is 30.5 Å². The fraction of sp³-hybridized carbons (Fsp3) is 0.222. The second-order valence-corrected chi connectivity index (χ2v) is 7.27. The highest BCUT2D eigenvalue weighted by Gasteiger charge is 2.17. The molecule has 0 radical (unpaired) electrons. The third-order valence-corrected chi connectivity index (χ3v) is 5.44. The van der Waals surface area contributed by atoms with Gasteiger partial charge in [-0.3, -0.25) is 9.59 Å². The number of Topliss-reactive ketones (excluding diaryl/α,β-unsaturated/α-hetero) is 1. The number of rotatable bonds is 8. The number of aromatic nitrogens is 3. The summed E-state index contributed by atoms with van der Waals surface area (Å²) in [4.78, 5) is 24.9. The lowest BCUT2D eigenvalue weighted by Gasteiger charge is -2.07. The second-order valence-electron chi connectivity index (χ2n) is 5.38. The first-order chi connectivity index (χ1) is 13.1. The largest absolute Gasteiger partial charge is 0.457 e. The van der Waals surface area contributed by atoms with Crippen molar-refractivity contribution in [3.8, 4) is 10.7 Å². The van der Waals surface area contributed by atoms with Crippen LogP contribution in [0.1, 0.15) is 17.3 Å². The van der Waals surface area contributed by atoms with Gasteiger partial charge in [0.05, 0.1) is 16.2 Å². The van der Waals surface area contributed by atoms with Crippen LogP contribution >= 0.6 is 23.1 Å². The molecule has 0 spiro atoms. The monoisotopic (exact) mass is 405 g/mol. The lowest BCUT2D eigenvalue weighted by molar-refractivity contribution is -0.139. The van der Waals surface area contributed by atoms with Gasteiger partial charge in [0.1, 0.15) is 5.82 Å². The van der Waals surface area contributed by atoms with Crippen LogP contribution in [-0.4, -0.2) is 38.9 Å². The predicted octanol–water partition coefficient (Wildman–Crippen LogP) is 3.68. The quantitative estimate of drug-likeness (QED) is 0.323. The van der Waals surface area contributed by atoms with Crippen LogP contribution in [-0.2, 0) is 16.1 Å². The molecule has 9 heteroatoms. The van der Waals surface area contributed by atoms with Crippen LogP contribution in [0.3, 0.4) is 0 Å². The van der Waals surface area contributed by atoms with Crippen molar-refractivity contribution < 1.29 is 18.7 Å². The molecule has 0 aliphatic carbocycles. The van der Waals surface area contributed by atoms with Gasteiger partial charge in [0.15, 0.2) is 17.6 Å². The zero-order chi connectivity index (χ0) is 19.2. The smallest absolute Gasteiger partial charge is 0.316 e. The number of carbonyl (C=O) groups excluding carboxylic acids is 2. The summed E-state index contributed by atoms with van der Waals surface area (Å²) in [5.74, 6) is -1.06. The zero-order valence-corrected chi connectivity index (χ0v) is 16.1. The van der Waals surface area contributed by atoms with Crippen molar-refractivity contribution in [1.82, 2.24) is 14.8 Å². The molecule has 0 N–H and O–H groups in total. The van der Waals surface area contributed by atoms with Crippen LogP contribution in [0.25, 0.3) is 10.7 Å². The van der Waals surface area contributed by atoms with Crippen molar-refractivity contribution in [2.45, 2.75) is 18.6 Å². The number of hydrogen-bond donors (Lipinski definition) is 0. The van der Waals surface area contributed by atoms with Crippen LogP contribution < -0.4 is 0 Å². The van der Waals surface area contributed by atoms with Gasteiger partial charge >= 0.3 is 5.97 Å². The Labute approximate surface area is 163 Å². The molecule has 0 saturated carbocycles. The van der Waals surface area contributed by atoms with E-state index in [9.17, 15) is 14.0 Å². The van der Waals surface area contributed by atoms with E-state index < -0.39 is 24.2 Å². The SMILES string of the molecule is CCn1c(SCC(=O)OCC(=O)c2ccccc2F)nnc1-c1cccs1. The van der Waals surface area contributed by atoms with Crippen molar-refractivity contribution in [2.75, 3.05) is 12.4 Å². The van der Waals surface area contributed by atoms with E-state index in [4.69, 9.17) is 4.74 Å². The maximum Gasteiger partial charge on any atom is 0.316 e. The molecule has 0 atom stereocenters. The van der Waals surface area contributed by atoms with Gasteiger partial charge in [-0.25, -0.2) is 4.39 Å². The van der Waals surface area contributed by atoms with Gasteiger partial charge in [0.2, 0.25) is 5.78 Å². The minimum Gasteiger partial charge on any atom is -0.457 e. The summed E-state index contributed by atoms with van der Waals surface area (Å²) in [6.45, 7) is 2.13. The van der Waals surface area contributed by atoms with E-state index in [2.05, 4.69) is 10.2 Å². The molecule has 140 valence electrons. The lowest BCUT2D eigenvalue weighted by Crippen LogP contribution is -2.16. The average Bonchev–Trinajstić information content (AvgIpc) is 3.33. The fourth-order valence-electron chi connectivity index (χ4n) is 2.34. The summed E-state index contributed by atoms with van der Waals surface area (Å²) in [6.07, 6.45) is 0. The molecule has 0 bridgehead atoms. The van der Waals surface area contributed by atoms with Gasteiger partial charge in [-0.15, -0.1) is 21.5 Å². The standard InChI is InChI=1S/C18H16FN3O3S2/c1-2-22-17(15-8-5-9-26-15)20-21-18(22)27-11-16(24)25-10-14(23)12-6-3-4-7-13(12)19/h3-9H,2,10-11H2,1H3. The maximum absolute atomic E-state index is 13.6. The summed E-state index contributed by atoms with van der Waals surface area (Å²) in [5, 5.41) is 10.9. The molecule has 0 aliphatic rings. The Bertz CT molecular complexity index is 941. The highest BCUT2D eigenvalue weighted by atomic mass is 32.2. The first kappa shape index (κ1) is 19.2. The average molecular weight is 405 g/mol. The Morgan fingerprint density at radius 3 is 2.74 bits per heavy atom. The number of carbonyl (C=O) groups is 2. The minimum atomic E-state index is -0.634. The highest BCUT2D eigenvalue weighted by Crippen LogP contribution is 2.27. The number of esters is 1. The molecule has 0 unspecified atom stereocenters. The summed E-state index contributed by atoms with van der Waals surface area (Å²) in [6, 6.07) is 9.48. The van der Waals surface area contributed by atoms with Crippen LogP contribution in [0.15, 0.2) is 46.9 Å². The van der Waals surface area contributed by atoms with E-state index in [1.165, 1.54) is 30.0 Å². The molecule has 27 heavy (non-hydrogen) atoms. The van der Waals surface area contributed by atoms with Gasteiger partial charge in [-0.2, -0.15) is 0 Å². The Morgan fingerprint density at radius 2 is 2.04 bits per heavy atom. The van der Waals surface area contributed by atoms with Crippen molar-refractivity contribution in [1.29, 1.82) is 0 Å². The molecule has 3 aromatic rings. The van der Waals surface area contributed by atoms with E-state index in [1.807, 2.05) is 29.0 Å². The third-order valence-electron chi connectivity index (χ3n) is 3.63. The minimum absolute atomic E-state index is 0.0207. The molecular formula is C18H16FN3O3S2. The number of thioether (sulfide) groups is 1. The number of nitrogens with zero attached hydrogens (tertiary/aromatic N) is 3. The van der Waals surface area contributed by atoms with E-state index in [1.54, 1.807) is 17.4 Å². The number of halogens is 1. The Morgan fingerprint density at radius 1 is 1.22 bits per heavy atom. The van der Waals surface area contributed by atoms with E-state index in [0.29, 0.717) is 11.7 Å². The van der Waals surface area contributed by atoms with Crippen LogP contribution in [0.4, 0.5) is 4.39 Å².